The van der Waals surface area contributed by atoms with Crippen LogP contribution in [0.5, 0.6) is 0 Å². The van der Waals surface area contributed by atoms with Crippen molar-refractivity contribution in [3.8, 4) is 0 Å². The molecule has 0 N–H and O–H groups in total. The van der Waals surface area contributed by atoms with Crippen molar-refractivity contribution in [2.75, 3.05) is 0 Å². The van der Waals surface area contributed by atoms with E-state index >= 15 is 0 Å². The predicted molar refractivity (Wildman–Crippen MR) is 68.1 cm³/mol. The summed E-state index contributed by atoms with van der Waals surface area (Å²) >= 11 is 3.37. The molecule has 4 heteroatoms. The molecule has 0 aliphatic heterocycles. The lowest BCUT2D eigenvalue weighted by Gasteiger charge is -2.02. The maximum Gasteiger partial charge on any atom is 0.240 e. The fourth-order valence-electron chi connectivity index (χ4n) is 1.26. The molecule has 0 unspecified atom stereocenters. The molecule has 2 rings (SSSR count). The highest BCUT2D eigenvalue weighted by Gasteiger charge is 2.01. The van der Waals surface area contributed by atoms with Crippen LogP contribution in [0.3, 0.4) is 0 Å². The zero-order valence-electron chi connectivity index (χ0n) is 8.42. The molecule has 0 saturated heterocycles. The van der Waals surface area contributed by atoms with Crippen LogP contribution in [0.2, 0.25) is 0 Å². The third-order valence-corrected chi connectivity index (χ3v) is 3.87. The first-order valence-corrected chi connectivity index (χ1v) is 6.64. The average Bonchev–Trinajstić information content (AvgIpc) is 2.81. The van der Waals surface area contributed by atoms with Crippen LogP contribution in [0.15, 0.2) is 51.0 Å². The summed E-state index contributed by atoms with van der Waals surface area (Å²) in [5.41, 5.74) is 1.98. The van der Waals surface area contributed by atoms with Crippen LogP contribution >= 0.6 is 23.1 Å². The first kappa shape index (κ1) is 11.1. The average molecular weight is 247 g/mol. The summed E-state index contributed by atoms with van der Waals surface area (Å²) < 4.78 is 0. The molecule has 1 aromatic carbocycles. The Bertz CT molecular complexity index is 501. The van der Waals surface area contributed by atoms with Gasteiger partial charge in [0.05, 0.1) is 5.69 Å². The van der Waals surface area contributed by atoms with Crippen molar-refractivity contribution >= 4 is 34.9 Å². The second-order valence-electron chi connectivity index (χ2n) is 3.09. The van der Waals surface area contributed by atoms with E-state index in [0.29, 0.717) is 5.69 Å². The van der Waals surface area contributed by atoms with Gasteiger partial charge in [0.2, 0.25) is 6.08 Å². The Hall–Kier alpha value is -1.35. The lowest BCUT2D eigenvalue weighted by molar-refractivity contribution is 0.565. The summed E-state index contributed by atoms with van der Waals surface area (Å²) in [5, 5.41) is 4.18. The lowest BCUT2D eigenvalue weighted by Crippen LogP contribution is -1.77. The fraction of sp³-hybridized carbons (Fsp3) is 0.0833. The first-order chi connectivity index (χ1) is 7.90. The zero-order valence-corrected chi connectivity index (χ0v) is 10.1. The molecule has 2 aromatic rings. The molecule has 0 bridgehead atoms. The number of thioether (sulfide) groups is 1. The Labute approximate surface area is 102 Å². The highest BCUT2D eigenvalue weighted by atomic mass is 32.2. The molecule has 2 nitrogen and oxygen atoms in total. The molecule has 16 heavy (non-hydrogen) atoms. The van der Waals surface area contributed by atoms with Crippen molar-refractivity contribution in [1.82, 2.24) is 0 Å². The molecule has 1 heterocycles. The number of benzene rings is 1. The minimum Gasteiger partial charge on any atom is -0.211 e. The van der Waals surface area contributed by atoms with E-state index in [4.69, 9.17) is 0 Å². The van der Waals surface area contributed by atoms with E-state index in [9.17, 15) is 4.79 Å². The number of aliphatic imine (C=N–C) groups is 1. The minimum absolute atomic E-state index is 0.692. The highest BCUT2D eigenvalue weighted by Crippen LogP contribution is 2.31. The van der Waals surface area contributed by atoms with Crippen LogP contribution in [-0.2, 0) is 10.5 Å². The van der Waals surface area contributed by atoms with Crippen LogP contribution in [0.4, 0.5) is 5.69 Å². The van der Waals surface area contributed by atoms with Crippen molar-refractivity contribution in [3.63, 3.8) is 0 Å². The van der Waals surface area contributed by atoms with Crippen molar-refractivity contribution in [1.29, 1.82) is 0 Å². The molecule has 0 aliphatic rings. The zero-order chi connectivity index (χ0) is 11.2. The summed E-state index contributed by atoms with van der Waals surface area (Å²) in [6.45, 7) is 0. The van der Waals surface area contributed by atoms with Gasteiger partial charge < -0.3 is 0 Å². The van der Waals surface area contributed by atoms with Gasteiger partial charge >= 0.3 is 0 Å². The lowest BCUT2D eigenvalue weighted by atomic mass is 10.3. The Balaban J connectivity index is 2.12. The predicted octanol–water partition coefficient (Wildman–Crippen LogP) is 4.01. The molecule has 0 spiro atoms. The second-order valence-corrected chi connectivity index (χ2v) is 4.89. The van der Waals surface area contributed by atoms with E-state index in [0.717, 1.165) is 10.6 Å². The molecular formula is C12H9NOS2. The minimum atomic E-state index is 0.692. The monoisotopic (exact) mass is 247 g/mol. The molecule has 0 saturated carbocycles. The van der Waals surface area contributed by atoms with Gasteiger partial charge in [-0.3, -0.25) is 0 Å². The molecule has 0 atom stereocenters. The number of hydrogen-bond donors (Lipinski definition) is 0. The summed E-state index contributed by atoms with van der Waals surface area (Å²) in [6, 6.07) is 9.70. The van der Waals surface area contributed by atoms with Gasteiger partial charge in [-0.25, -0.2) is 4.79 Å². The van der Waals surface area contributed by atoms with Gasteiger partial charge in [0, 0.05) is 10.6 Å². The highest BCUT2D eigenvalue weighted by molar-refractivity contribution is 7.98. The summed E-state index contributed by atoms with van der Waals surface area (Å²) in [7, 11) is 0. The fourth-order valence-corrected chi connectivity index (χ4v) is 2.97. The van der Waals surface area contributed by atoms with Crippen LogP contribution in [0.25, 0.3) is 0 Å². The molecule has 1 aromatic heterocycles. The van der Waals surface area contributed by atoms with Gasteiger partial charge in [0.15, 0.2) is 0 Å². The number of isocyanates is 1. The third-order valence-electron chi connectivity index (χ3n) is 2.01. The Morgan fingerprint density at radius 3 is 2.94 bits per heavy atom. The molecular weight excluding hydrogens is 238 g/mol. The van der Waals surface area contributed by atoms with Gasteiger partial charge in [-0.1, -0.05) is 12.1 Å². The quantitative estimate of drug-likeness (QED) is 0.464. The standard InChI is InChI=1S/C12H9NOS2/c14-9-13-11-3-1-2-4-12(11)16-8-10-5-6-15-7-10/h1-7H,8H2. The van der Waals surface area contributed by atoms with E-state index in [-0.39, 0.29) is 0 Å². The number of nitrogens with zero attached hydrogens (tertiary/aromatic N) is 1. The van der Waals surface area contributed by atoms with Gasteiger partial charge in [-0.05, 0) is 34.5 Å². The maximum absolute atomic E-state index is 10.3. The smallest absolute Gasteiger partial charge is 0.211 e. The summed E-state index contributed by atoms with van der Waals surface area (Å²) in [4.78, 5) is 15.0. The van der Waals surface area contributed by atoms with E-state index in [1.54, 1.807) is 29.2 Å². The van der Waals surface area contributed by atoms with Gasteiger partial charge in [-0.2, -0.15) is 16.3 Å². The molecule has 0 amide bonds. The maximum atomic E-state index is 10.3. The summed E-state index contributed by atoms with van der Waals surface area (Å²) in [6.07, 6.45) is 1.58. The van der Waals surface area contributed by atoms with Crippen molar-refractivity contribution in [2.45, 2.75) is 10.6 Å². The SMILES string of the molecule is O=C=Nc1ccccc1SCc1ccsc1. The van der Waals surface area contributed by atoms with E-state index < -0.39 is 0 Å². The Morgan fingerprint density at radius 2 is 2.19 bits per heavy atom. The number of rotatable bonds is 4. The molecule has 0 radical (unpaired) electrons. The molecule has 80 valence electrons. The van der Waals surface area contributed by atoms with Gasteiger partial charge in [0.1, 0.15) is 0 Å². The number of para-hydroxylation sites is 1. The largest absolute Gasteiger partial charge is 0.240 e. The third kappa shape index (κ3) is 2.83. The Morgan fingerprint density at radius 1 is 1.31 bits per heavy atom. The van der Waals surface area contributed by atoms with Gasteiger partial charge in [-0.15, -0.1) is 11.8 Å². The normalized spacial score (nSPS) is 9.75. The van der Waals surface area contributed by atoms with E-state index in [1.807, 2.05) is 24.3 Å². The number of hydrogen-bond acceptors (Lipinski definition) is 4. The topological polar surface area (TPSA) is 29.4 Å². The number of carbonyl (C=O) groups excluding carboxylic acids is 1. The number of thiophene rings is 1. The van der Waals surface area contributed by atoms with Crippen LogP contribution in [0, 0.1) is 0 Å². The van der Waals surface area contributed by atoms with Crippen molar-refractivity contribution in [3.05, 3.63) is 46.7 Å². The van der Waals surface area contributed by atoms with Crippen molar-refractivity contribution < 1.29 is 4.79 Å². The van der Waals surface area contributed by atoms with Crippen LogP contribution < -0.4 is 0 Å². The summed E-state index contributed by atoms with van der Waals surface area (Å²) in [5.74, 6) is 0.898. The molecule has 0 fully saturated rings. The second kappa shape index (κ2) is 5.66. The van der Waals surface area contributed by atoms with E-state index in [1.165, 1.54) is 5.56 Å². The van der Waals surface area contributed by atoms with E-state index in [2.05, 4.69) is 21.8 Å². The van der Waals surface area contributed by atoms with Crippen LogP contribution in [0.1, 0.15) is 5.56 Å². The molecule has 0 aliphatic carbocycles. The Kier molecular flexibility index (Phi) is 3.94. The van der Waals surface area contributed by atoms with Gasteiger partial charge in [0.25, 0.3) is 0 Å². The van der Waals surface area contributed by atoms with Crippen molar-refractivity contribution in [2.24, 2.45) is 4.99 Å². The first-order valence-electron chi connectivity index (χ1n) is 4.71. The van der Waals surface area contributed by atoms with Crippen LogP contribution in [-0.4, -0.2) is 6.08 Å².